The summed E-state index contributed by atoms with van der Waals surface area (Å²) in [4.78, 5) is 24.6. The number of halogens is 1. The summed E-state index contributed by atoms with van der Waals surface area (Å²) in [6.07, 6.45) is 0.541. The molecule has 2 amide bonds. The van der Waals surface area contributed by atoms with Gasteiger partial charge in [0.2, 0.25) is 0 Å². The molecule has 7 heteroatoms. The molecule has 0 saturated carbocycles. The van der Waals surface area contributed by atoms with E-state index in [1.807, 2.05) is 11.4 Å². The lowest BCUT2D eigenvalue weighted by Gasteiger charge is -2.17. The fraction of sp³-hybridized carbons (Fsp3) is 0.455. The molecular formula is C11H15BrN2O3S. The smallest absolute Gasteiger partial charge is 0.317 e. The second kappa shape index (κ2) is 7.38. The standard InChI is InChI=1S/C11H15BrN2O3S/c1-14(4-2-3-10(15)16)11(17)13-6-9-5-8(12)7-18-9/h5,7H,2-4,6H2,1H3,(H,13,17)(H,15,16). The van der Waals surface area contributed by atoms with Gasteiger partial charge in [-0.05, 0) is 28.4 Å². The fourth-order valence-electron chi connectivity index (χ4n) is 1.31. The molecule has 0 unspecified atom stereocenters. The van der Waals surface area contributed by atoms with Gasteiger partial charge in [0.25, 0.3) is 0 Å². The van der Waals surface area contributed by atoms with Gasteiger partial charge in [0.05, 0.1) is 6.54 Å². The number of carboxylic acid groups (broad SMARTS) is 1. The molecule has 1 rings (SSSR count). The van der Waals surface area contributed by atoms with Gasteiger partial charge >= 0.3 is 12.0 Å². The molecule has 0 aliphatic heterocycles. The third-order valence-corrected chi connectivity index (χ3v) is 3.96. The molecule has 2 N–H and O–H groups in total. The quantitative estimate of drug-likeness (QED) is 0.839. The van der Waals surface area contributed by atoms with Crippen LogP contribution in [0.25, 0.3) is 0 Å². The van der Waals surface area contributed by atoms with Crippen molar-refractivity contribution in [1.29, 1.82) is 0 Å². The molecule has 0 radical (unpaired) electrons. The summed E-state index contributed by atoms with van der Waals surface area (Å²) in [5, 5.41) is 13.2. The first kappa shape index (κ1) is 15.0. The van der Waals surface area contributed by atoms with Gasteiger partial charge in [0.15, 0.2) is 0 Å². The zero-order chi connectivity index (χ0) is 13.5. The zero-order valence-electron chi connectivity index (χ0n) is 9.98. The Kier molecular flexibility index (Phi) is 6.14. The summed E-state index contributed by atoms with van der Waals surface area (Å²) in [6, 6.07) is 1.76. The van der Waals surface area contributed by atoms with Gasteiger partial charge in [-0.3, -0.25) is 4.79 Å². The third-order valence-electron chi connectivity index (χ3n) is 2.27. The molecule has 0 aliphatic carbocycles. The minimum absolute atomic E-state index is 0.0789. The third kappa shape index (κ3) is 5.50. The van der Waals surface area contributed by atoms with Crippen LogP contribution >= 0.6 is 27.3 Å². The van der Waals surface area contributed by atoms with Crippen LogP contribution < -0.4 is 5.32 Å². The van der Waals surface area contributed by atoms with Crippen LogP contribution in [0.1, 0.15) is 17.7 Å². The van der Waals surface area contributed by atoms with Crippen LogP contribution in [-0.2, 0) is 11.3 Å². The Morgan fingerprint density at radius 1 is 1.56 bits per heavy atom. The summed E-state index contributed by atoms with van der Waals surface area (Å²) < 4.78 is 1.01. The predicted molar refractivity (Wildman–Crippen MR) is 73.8 cm³/mol. The van der Waals surface area contributed by atoms with E-state index in [4.69, 9.17) is 5.11 Å². The maximum Gasteiger partial charge on any atom is 0.317 e. The highest BCUT2D eigenvalue weighted by molar-refractivity contribution is 9.10. The largest absolute Gasteiger partial charge is 0.481 e. The molecule has 0 bridgehead atoms. The van der Waals surface area contributed by atoms with Gasteiger partial charge in [-0.2, -0.15) is 0 Å². The number of hydrogen-bond donors (Lipinski definition) is 2. The number of thiophene rings is 1. The van der Waals surface area contributed by atoms with E-state index in [0.29, 0.717) is 19.5 Å². The van der Waals surface area contributed by atoms with Crippen molar-refractivity contribution in [1.82, 2.24) is 10.2 Å². The highest BCUT2D eigenvalue weighted by atomic mass is 79.9. The van der Waals surface area contributed by atoms with Crippen LogP contribution in [0.5, 0.6) is 0 Å². The predicted octanol–water partition coefficient (Wildman–Crippen LogP) is 2.52. The lowest BCUT2D eigenvalue weighted by atomic mass is 10.3. The number of nitrogens with one attached hydrogen (secondary N) is 1. The maximum absolute atomic E-state index is 11.7. The van der Waals surface area contributed by atoms with E-state index in [-0.39, 0.29) is 12.5 Å². The first-order valence-corrected chi connectivity index (χ1v) is 7.10. The van der Waals surface area contributed by atoms with Crippen molar-refractivity contribution in [3.05, 3.63) is 20.8 Å². The second-order valence-electron chi connectivity index (χ2n) is 3.81. The van der Waals surface area contributed by atoms with Gasteiger partial charge in [-0.25, -0.2) is 4.79 Å². The number of rotatable bonds is 6. The summed E-state index contributed by atoms with van der Waals surface area (Å²) >= 11 is 4.91. The second-order valence-corrected chi connectivity index (χ2v) is 5.72. The van der Waals surface area contributed by atoms with Crippen molar-refractivity contribution in [3.8, 4) is 0 Å². The first-order valence-electron chi connectivity index (χ1n) is 5.42. The minimum atomic E-state index is -0.841. The normalized spacial score (nSPS) is 10.1. The Hall–Kier alpha value is -1.08. The van der Waals surface area contributed by atoms with E-state index in [1.165, 1.54) is 4.90 Å². The summed E-state index contributed by atoms with van der Waals surface area (Å²) in [7, 11) is 1.65. The van der Waals surface area contributed by atoms with Crippen LogP contribution in [0.3, 0.4) is 0 Å². The van der Waals surface area contributed by atoms with E-state index in [9.17, 15) is 9.59 Å². The highest BCUT2D eigenvalue weighted by Crippen LogP contribution is 2.19. The molecule has 0 atom stereocenters. The zero-order valence-corrected chi connectivity index (χ0v) is 12.4. The van der Waals surface area contributed by atoms with Crippen LogP contribution in [0.4, 0.5) is 4.79 Å². The molecular weight excluding hydrogens is 320 g/mol. The molecule has 0 spiro atoms. The molecule has 18 heavy (non-hydrogen) atoms. The fourth-order valence-corrected chi connectivity index (χ4v) is 2.70. The molecule has 0 aromatic carbocycles. The molecule has 0 saturated heterocycles. The van der Waals surface area contributed by atoms with E-state index < -0.39 is 5.97 Å². The Labute approximate surface area is 118 Å². The Balaban J connectivity index is 2.25. The highest BCUT2D eigenvalue weighted by Gasteiger charge is 2.09. The number of aliphatic carboxylic acids is 1. The number of amides is 2. The van der Waals surface area contributed by atoms with E-state index in [1.54, 1.807) is 18.4 Å². The summed E-state index contributed by atoms with van der Waals surface area (Å²) in [5.74, 6) is -0.841. The van der Waals surface area contributed by atoms with Crippen molar-refractivity contribution in [2.24, 2.45) is 0 Å². The molecule has 0 fully saturated rings. The summed E-state index contributed by atoms with van der Waals surface area (Å²) in [5.41, 5.74) is 0. The maximum atomic E-state index is 11.7. The monoisotopic (exact) mass is 334 g/mol. The Morgan fingerprint density at radius 2 is 2.28 bits per heavy atom. The van der Waals surface area contributed by atoms with Crippen molar-refractivity contribution in [2.45, 2.75) is 19.4 Å². The Bertz CT molecular complexity index is 422. The van der Waals surface area contributed by atoms with Crippen molar-refractivity contribution in [3.63, 3.8) is 0 Å². The molecule has 100 valence electrons. The van der Waals surface area contributed by atoms with Crippen LogP contribution in [0, 0.1) is 0 Å². The average Bonchev–Trinajstić information content (AvgIpc) is 2.71. The van der Waals surface area contributed by atoms with Crippen molar-refractivity contribution >= 4 is 39.3 Å². The van der Waals surface area contributed by atoms with E-state index in [2.05, 4.69) is 21.2 Å². The number of nitrogens with zero attached hydrogens (tertiary/aromatic N) is 1. The molecule has 1 aromatic rings. The topological polar surface area (TPSA) is 69.6 Å². The van der Waals surface area contributed by atoms with E-state index >= 15 is 0 Å². The molecule has 1 aromatic heterocycles. The molecule has 5 nitrogen and oxygen atoms in total. The number of carboxylic acids is 1. The summed E-state index contributed by atoms with van der Waals surface area (Å²) in [6.45, 7) is 0.921. The van der Waals surface area contributed by atoms with Crippen LogP contribution in [0.15, 0.2) is 15.9 Å². The van der Waals surface area contributed by atoms with Crippen LogP contribution in [0.2, 0.25) is 0 Å². The minimum Gasteiger partial charge on any atom is -0.481 e. The molecule has 1 heterocycles. The SMILES string of the molecule is CN(CCCC(=O)O)C(=O)NCc1cc(Br)cs1. The Morgan fingerprint density at radius 3 is 2.83 bits per heavy atom. The van der Waals surface area contributed by atoms with Gasteiger partial charge in [0, 0.05) is 34.7 Å². The number of hydrogen-bond acceptors (Lipinski definition) is 3. The van der Waals surface area contributed by atoms with Gasteiger partial charge in [-0.1, -0.05) is 0 Å². The van der Waals surface area contributed by atoms with E-state index in [0.717, 1.165) is 9.35 Å². The number of carbonyl (C=O) groups excluding carboxylic acids is 1. The van der Waals surface area contributed by atoms with Crippen LogP contribution in [-0.4, -0.2) is 35.6 Å². The first-order chi connectivity index (χ1) is 8.49. The van der Waals surface area contributed by atoms with Crippen molar-refractivity contribution in [2.75, 3.05) is 13.6 Å². The van der Waals surface area contributed by atoms with Gasteiger partial charge in [-0.15, -0.1) is 11.3 Å². The van der Waals surface area contributed by atoms with Crippen molar-refractivity contribution < 1.29 is 14.7 Å². The average molecular weight is 335 g/mol. The lowest BCUT2D eigenvalue weighted by molar-refractivity contribution is -0.137. The van der Waals surface area contributed by atoms with Gasteiger partial charge < -0.3 is 15.3 Å². The van der Waals surface area contributed by atoms with Gasteiger partial charge in [0.1, 0.15) is 0 Å². The lowest BCUT2D eigenvalue weighted by Crippen LogP contribution is -2.37. The number of carbonyl (C=O) groups is 2. The number of urea groups is 1. The molecule has 0 aliphatic rings.